The highest BCUT2D eigenvalue weighted by Gasteiger charge is 2.90. The Bertz CT molecular complexity index is 1430. The molecule has 0 radical (unpaired) electrons. The van der Waals surface area contributed by atoms with Gasteiger partial charge in [-0.1, -0.05) is 30.3 Å². The predicted molar refractivity (Wildman–Crippen MR) is 131 cm³/mol. The van der Waals surface area contributed by atoms with Crippen LogP contribution in [0.4, 0.5) is 0 Å². The van der Waals surface area contributed by atoms with Gasteiger partial charge in [0.05, 0.1) is 25.2 Å². The molecule has 0 N–H and O–H groups in total. The highest BCUT2D eigenvalue weighted by molar-refractivity contribution is 5.93. The minimum atomic E-state index is -1.02. The van der Waals surface area contributed by atoms with E-state index in [1.165, 1.54) is 37.8 Å². The van der Waals surface area contributed by atoms with Gasteiger partial charge in [0, 0.05) is 5.92 Å². The van der Waals surface area contributed by atoms with Gasteiger partial charge in [-0.05, 0) is 83.7 Å². The van der Waals surface area contributed by atoms with E-state index in [0.717, 1.165) is 5.56 Å². The number of methoxy groups -OCH3 is 2. The van der Waals surface area contributed by atoms with Gasteiger partial charge in [0.25, 0.3) is 0 Å². The lowest BCUT2D eigenvalue weighted by Crippen LogP contribution is -2.84. The Morgan fingerprint density at radius 1 is 0.737 bits per heavy atom. The third kappa shape index (κ3) is 2.51. The van der Waals surface area contributed by atoms with E-state index >= 15 is 0 Å². The van der Waals surface area contributed by atoms with E-state index in [2.05, 4.69) is 22.9 Å². The summed E-state index contributed by atoms with van der Waals surface area (Å²) in [6.07, 6.45) is -1.99. The quantitative estimate of drug-likeness (QED) is 0.425. The fraction of sp³-hybridized carbons (Fsp3) is 0.467. The molecule has 0 aliphatic heterocycles. The zero-order valence-corrected chi connectivity index (χ0v) is 21.5. The first-order chi connectivity index (χ1) is 18.3. The number of carbonyl (C=O) groups excluding carboxylic acids is 4. The van der Waals surface area contributed by atoms with Gasteiger partial charge in [-0.25, -0.2) is 14.4 Å². The summed E-state index contributed by atoms with van der Waals surface area (Å²) in [5.41, 5.74) is 4.48. The summed E-state index contributed by atoms with van der Waals surface area (Å²) < 4.78 is 20.6. The zero-order valence-electron chi connectivity index (χ0n) is 21.5. The molecule has 3 saturated carbocycles. The van der Waals surface area contributed by atoms with E-state index in [1.54, 1.807) is 13.0 Å². The van der Waals surface area contributed by atoms with E-state index in [1.807, 2.05) is 18.2 Å². The van der Waals surface area contributed by atoms with Crippen molar-refractivity contribution < 1.29 is 38.1 Å². The van der Waals surface area contributed by atoms with Gasteiger partial charge in [0.2, 0.25) is 0 Å². The van der Waals surface area contributed by atoms with Crippen molar-refractivity contribution >= 4 is 23.9 Å². The minimum Gasteiger partial charge on any atom is -0.466 e. The molecule has 5 aliphatic rings. The van der Waals surface area contributed by atoms with Crippen molar-refractivity contribution in [2.45, 2.75) is 49.7 Å². The number of hydrogen-bond acceptors (Lipinski definition) is 8. The molecule has 0 aromatic heterocycles. The maximum absolute atomic E-state index is 13.9. The molecular weight excluding hydrogens is 488 g/mol. The van der Waals surface area contributed by atoms with Crippen LogP contribution in [0, 0.1) is 23.2 Å². The second kappa shape index (κ2) is 7.68. The minimum absolute atomic E-state index is 0.0525. The van der Waals surface area contributed by atoms with Crippen LogP contribution in [0.3, 0.4) is 0 Å². The summed E-state index contributed by atoms with van der Waals surface area (Å²) >= 11 is 0. The summed E-state index contributed by atoms with van der Waals surface area (Å²) in [7, 11) is 2.53. The lowest BCUT2D eigenvalue weighted by molar-refractivity contribution is -0.315. The van der Waals surface area contributed by atoms with Crippen LogP contribution in [0.1, 0.15) is 70.1 Å². The highest BCUT2D eigenvalue weighted by atomic mass is 16.6. The van der Waals surface area contributed by atoms with Gasteiger partial charge >= 0.3 is 23.9 Å². The first kappa shape index (κ1) is 23.4. The van der Waals surface area contributed by atoms with Crippen LogP contribution >= 0.6 is 0 Å². The Hall–Kier alpha value is -3.68. The number of fused-ring (bicyclic) bond motifs is 8. The predicted octanol–water partition coefficient (Wildman–Crippen LogP) is 3.45. The molecule has 0 bridgehead atoms. The summed E-state index contributed by atoms with van der Waals surface area (Å²) in [5, 5.41) is 0. The second-order valence-electron chi connectivity index (χ2n) is 11.2. The van der Waals surface area contributed by atoms with Gasteiger partial charge < -0.3 is 18.9 Å². The fourth-order valence-corrected chi connectivity index (χ4v) is 8.92. The van der Waals surface area contributed by atoms with E-state index in [4.69, 9.17) is 14.2 Å². The SMILES string of the molecule is COC(=O)[C@@H](C)OC(=O)c1ccc2c(c1)C1C3c4ccccc4C4C2C2C4C3(C(=O)O[C@H](C)C(=O)OC)C12. The van der Waals surface area contributed by atoms with Crippen molar-refractivity contribution in [3.8, 4) is 0 Å². The molecule has 2 aromatic rings. The van der Waals surface area contributed by atoms with Crippen LogP contribution in [0.15, 0.2) is 42.5 Å². The van der Waals surface area contributed by atoms with Crippen molar-refractivity contribution in [2.24, 2.45) is 23.2 Å². The number of benzene rings is 2. The summed E-state index contributed by atoms with van der Waals surface area (Å²) in [6.45, 7) is 3.03. The normalized spacial score (nSPS) is 34.9. The Kier molecular flexibility index (Phi) is 4.74. The molecule has 2 aromatic carbocycles. The first-order valence-corrected chi connectivity index (χ1v) is 13.1. The van der Waals surface area contributed by atoms with Crippen molar-refractivity contribution in [1.82, 2.24) is 0 Å². The van der Waals surface area contributed by atoms with Crippen LogP contribution < -0.4 is 0 Å². The van der Waals surface area contributed by atoms with Gasteiger partial charge in [0.1, 0.15) is 0 Å². The number of rotatable bonds is 6. The monoisotopic (exact) mass is 516 g/mol. The van der Waals surface area contributed by atoms with E-state index in [9.17, 15) is 19.2 Å². The number of esters is 4. The Balaban J connectivity index is 1.29. The summed E-state index contributed by atoms with van der Waals surface area (Å²) in [5.74, 6) is -1.04. The van der Waals surface area contributed by atoms with Crippen molar-refractivity contribution in [2.75, 3.05) is 14.2 Å². The van der Waals surface area contributed by atoms with Gasteiger partial charge in [-0.15, -0.1) is 0 Å². The van der Waals surface area contributed by atoms with Gasteiger partial charge in [-0.2, -0.15) is 0 Å². The van der Waals surface area contributed by atoms with Crippen molar-refractivity contribution in [3.63, 3.8) is 0 Å². The molecule has 0 saturated heterocycles. The van der Waals surface area contributed by atoms with Crippen LogP contribution in [0.25, 0.3) is 0 Å². The van der Waals surface area contributed by atoms with Crippen molar-refractivity contribution in [1.29, 1.82) is 0 Å². The lowest BCUT2D eigenvalue weighted by Gasteiger charge is -2.87. The molecule has 0 amide bonds. The highest BCUT2D eigenvalue weighted by Crippen LogP contribution is 2.94. The van der Waals surface area contributed by atoms with E-state index in [0.29, 0.717) is 11.5 Å². The van der Waals surface area contributed by atoms with Crippen LogP contribution in [0.2, 0.25) is 0 Å². The lowest BCUT2D eigenvalue weighted by atomic mass is 9.14. The van der Waals surface area contributed by atoms with E-state index < -0.39 is 35.5 Å². The molecule has 0 spiro atoms. The molecular formula is C30H28O8. The molecule has 196 valence electrons. The Labute approximate surface area is 219 Å². The summed E-state index contributed by atoms with van der Waals surface area (Å²) in [6, 6.07) is 14.1. The van der Waals surface area contributed by atoms with Gasteiger partial charge in [0.15, 0.2) is 12.2 Å². The van der Waals surface area contributed by atoms with Crippen LogP contribution in [-0.4, -0.2) is 50.3 Å². The molecule has 38 heavy (non-hydrogen) atoms. The van der Waals surface area contributed by atoms with Crippen LogP contribution in [-0.2, 0) is 33.3 Å². The number of ether oxygens (including phenoxy) is 4. The first-order valence-electron chi connectivity index (χ1n) is 13.1. The third-order valence-electron chi connectivity index (χ3n) is 10.1. The number of hydrogen-bond donors (Lipinski definition) is 0. The molecule has 8 nitrogen and oxygen atoms in total. The molecule has 10 atom stereocenters. The standard InChI is InChI=1S/C30H28O8/c1-12(26(31)35-3)37-28(33)14-9-10-16-18(11-14)21-23-17-8-6-5-7-15(17)20-19(16)22-24(20)30(23,25(21)22)29(34)38-13(2)27(32)36-4/h5-13,19-25H,1-4H3/t12-,13-,19?,20?,21?,22?,23?,24?,25?,30?/m1/s1. The zero-order chi connectivity index (χ0) is 26.7. The Morgan fingerprint density at radius 2 is 1.34 bits per heavy atom. The molecule has 8 unspecified atom stereocenters. The Morgan fingerprint density at radius 3 is 2.03 bits per heavy atom. The second-order valence-corrected chi connectivity index (χ2v) is 11.2. The fourth-order valence-electron chi connectivity index (χ4n) is 8.92. The van der Waals surface area contributed by atoms with Crippen molar-refractivity contribution in [3.05, 3.63) is 70.3 Å². The maximum atomic E-state index is 13.9. The third-order valence-corrected chi connectivity index (χ3v) is 10.1. The molecule has 8 heteroatoms. The molecule has 7 rings (SSSR count). The number of carbonyl (C=O) groups is 4. The smallest absolute Gasteiger partial charge is 0.346 e. The summed E-state index contributed by atoms with van der Waals surface area (Å²) in [4.78, 5) is 50.6. The van der Waals surface area contributed by atoms with E-state index in [-0.39, 0.29) is 41.5 Å². The topological polar surface area (TPSA) is 105 Å². The van der Waals surface area contributed by atoms with Crippen LogP contribution in [0.5, 0.6) is 0 Å². The molecule has 5 aliphatic carbocycles. The average molecular weight is 517 g/mol. The largest absolute Gasteiger partial charge is 0.466 e. The molecule has 0 heterocycles. The average Bonchev–Trinajstić information content (AvgIpc) is 2.88. The molecule has 3 fully saturated rings. The maximum Gasteiger partial charge on any atom is 0.346 e. The van der Waals surface area contributed by atoms with Gasteiger partial charge in [-0.3, -0.25) is 4.79 Å².